The monoisotopic (exact) mass is 1020 g/mol. The van der Waals surface area contributed by atoms with Crippen molar-refractivity contribution in [1.82, 2.24) is 0 Å². The minimum absolute atomic E-state index is 0. The van der Waals surface area contributed by atoms with E-state index in [2.05, 4.69) is 0 Å². The second kappa shape index (κ2) is 31.2. The number of hydrogen-bond donors (Lipinski definition) is 4. The summed E-state index contributed by atoms with van der Waals surface area (Å²) in [4.78, 5) is 41.9. The average molecular weight is 1020 g/mol. The van der Waals surface area contributed by atoms with Gasteiger partial charge in [-0.1, -0.05) is 25.7 Å². The van der Waals surface area contributed by atoms with Crippen molar-refractivity contribution in [2.75, 3.05) is 52.9 Å². The van der Waals surface area contributed by atoms with E-state index < -0.39 is 35.7 Å². The maximum Gasteiger partial charge on any atom is 2.00 e. The van der Waals surface area contributed by atoms with Gasteiger partial charge in [0.2, 0.25) is 0 Å². The third kappa shape index (κ3) is 26.0. The molecule has 46 heavy (non-hydrogen) atoms. The number of hydrogen-bond acceptors (Lipinski definition) is 16. The van der Waals surface area contributed by atoms with Crippen LogP contribution in [0.15, 0.2) is 0 Å². The van der Waals surface area contributed by atoms with Gasteiger partial charge in [-0.15, -0.1) is 0 Å². The van der Waals surface area contributed by atoms with Crippen molar-refractivity contribution in [3.63, 3.8) is 0 Å². The van der Waals surface area contributed by atoms with Crippen LogP contribution in [0.2, 0.25) is 0 Å². The third-order valence-electron chi connectivity index (χ3n) is 7.11. The smallest absolute Gasteiger partial charge is 0.549 e. The standard InChI is InChI=1S/C16H26O12.2C6H14N2.2Pt/c17-13(18)11(14(19)20)1-3-25-5-7-27-9-10-28-8-6-26-4-2-12(15(21)22)16(23)24;2*7-5-3-1-2-4-6(5)8;;/h11-12H,1-10H2,(H,17,18)(H,19,20)(H,21,22)(H,23,24);2*5-6H,1-4,7-8H2;;/q;;;2*+2/p-4/t;2*5-,6-;;/m.11../s1. The second-order valence-corrected chi connectivity index (χ2v) is 10.6. The molecule has 4 atom stereocenters. The average Bonchev–Trinajstić information content (AvgIpc) is 2.96. The number of nitrogens with two attached hydrogens (primary N) is 4. The molecule has 2 fully saturated rings. The molecule has 18 heteroatoms. The SMILES string of the molecule is N[C@@H]1CCCC[C@H]1N.N[C@@H]1CCCC[C@H]1N.O=C([O-])C(CCOCCOCCOCCOCCC(C(=O)[O-])C(=O)[O-])C(=O)[O-].[Pt+2].[Pt+2]. The van der Waals surface area contributed by atoms with Crippen LogP contribution < -0.4 is 43.4 Å². The van der Waals surface area contributed by atoms with Crippen LogP contribution in [0.3, 0.4) is 0 Å². The quantitative estimate of drug-likeness (QED) is 0.0693. The Labute approximate surface area is 299 Å². The summed E-state index contributed by atoms with van der Waals surface area (Å²) >= 11 is 0. The fraction of sp³-hybridized carbons (Fsp3) is 0.857. The minimum Gasteiger partial charge on any atom is -0.549 e. The van der Waals surface area contributed by atoms with Crippen molar-refractivity contribution in [1.29, 1.82) is 0 Å². The molecule has 2 rings (SSSR count). The molecule has 0 unspecified atom stereocenters. The first-order chi connectivity index (χ1) is 20.9. The molecule has 0 aromatic heterocycles. The number of aliphatic carboxylic acids is 4. The van der Waals surface area contributed by atoms with Crippen molar-refractivity contribution in [3.8, 4) is 0 Å². The van der Waals surface area contributed by atoms with Gasteiger partial charge in [0.15, 0.2) is 0 Å². The zero-order chi connectivity index (χ0) is 33.3. The Balaban J connectivity index is -0.000000826. The molecular weight excluding hydrogens is 974 g/mol. The number of carbonyl (C=O) groups excluding carboxylic acids is 4. The Bertz CT molecular complexity index is 706. The molecule has 0 aliphatic heterocycles. The minimum atomic E-state index is -1.72. The summed E-state index contributed by atoms with van der Waals surface area (Å²) < 4.78 is 20.4. The van der Waals surface area contributed by atoms with Gasteiger partial charge >= 0.3 is 42.1 Å². The summed E-state index contributed by atoms with van der Waals surface area (Å²) in [5.41, 5.74) is 22.6. The van der Waals surface area contributed by atoms with Gasteiger partial charge in [-0.05, 0) is 38.5 Å². The Hall–Kier alpha value is -1.06. The normalized spacial score (nSPS) is 20.6. The van der Waals surface area contributed by atoms with Crippen LogP contribution in [0, 0.1) is 11.8 Å². The topological polar surface area (TPSA) is 302 Å². The van der Waals surface area contributed by atoms with E-state index in [4.69, 9.17) is 41.9 Å². The van der Waals surface area contributed by atoms with Crippen LogP contribution in [-0.2, 0) is 80.3 Å². The van der Waals surface area contributed by atoms with Gasteiger partial charge in [-0.2, -0.15) is 0 Å². The van der Waals surface area contributed by atoms with E-state index in [1.54, 1.807) is 0 Å². The van der Waals surface area contributed by atoms with E-state index in [1.807, 2.05) is 0 Å². The van der Waals surface area contributed by atoms with E-state index in [0.29, 0.717) is 0 Å². The number of carboxylic acid groups (broad SMARTS) is 4. The molecule has 16 nitrogen and oxygen atoms in total. The van der Waals surface area contributed by atoms with Crippen molar-refractivity contribution >= 4 is 23.9 Å². The molecule has 2 aliphatic rings. The van der Waals surface area contributed by atoms with E-state index >= 15 is 0 Å². The van der Waals surface area contributed by atoms with Gasteiger partial charge in [0, 0.05) is 49.2 Å². The van der Waals surface area contributed by atoms with Gasteiger partial charge in [-0.25, -0.2) is 0 Å². The largest absolute Gasteiger partial charge is 2.00 e. The van der Waals surface area contributed by atoms with E-state index in [-0.39, 0.29) is 132 Å². The van der Waals surface area contributed by atoms with Crippen LogP contribution in [0.4, 0.5) is 0 Å². The predicted molar refractivity (Wildman–Crippen MR) is 148 cm³/mol. The number of ether oxygens (including phenoxy) is 4. The van der Waals surface area contributed by atoms with E-state index in [0.717, 1.165) is 25.7 Å². The summed E-state index contributed by atoms with van der Waals surface area (Å²) in [6, 6.07) is 1.12. The predicted octanol–water partition coefficient (Wildman–Crippen LogP) is -5.51. The van der Waals surface area contributed by atoms with Crippen molar-refractivity contribution < 1.29 is 101 Å². The molecule has 0 radical (unpaired) electrons. The van der Waals surface area contributed by atoms with Crippen LogP contribution in [0.25, 0.3) is 0 Å². The molecule has 0 bridgehead atoms. The Morgan fingerprint density at radius 3 is 0.826 bits per heavy atom. The fourth-order valence-corrected chi connectivity index (χ4v) is 4.20. The molecule has 0 aromatic carbocycles. The third-order valence-corrected chi connectivity index (χ3v) is 7.11. The van der Waals surface area contributed by atoms with Gasteiger partial charge < -0.3 is 81.5 Å². The molecule has 0 spiro atoms. The summed E-state index contributed by atoms with van der Waals surface area (Å²) in [5.74, 6) is -10.3. The zero-order valence-electron chi connectivity index (χ0n) is 26.0. The number of rotatable bonds is 19. The first-order valence-electron chi connectivity index (χ1n) is 15.0. The maximum absolute atomic E-state index is 10.5. The molecule has 8 N–H and O–H groups in total. The maximum atomic E-state index is 10.5. The van der Waals surface area contributed by atoms with Crippen LogP contribution in [-0.4, -0.2) is 101 Å². The zero-order valence-corrected chi connectivity index (χ0v) is 30.6. The number of carbonyl (C=O) groups is 4. The van der Waals surface area contributed by atoms with Gasteiger partial charge in [0.1, 0.15) is 0 Å². The van der Waals surface area contributed by atoms with Crippen molar-refractivity contribution in [2.45, 2.75) is 88.4 Å². The Morgan fingerprint density at radius 1 is 0.457 bits per heavy atom. The molecule has 0 saturated heterocycles. The first-order valence-corrected chi connectivity index (χ1v) is 15.0. The van der Waals surface area contributed by atoms with Crippen LogP contribution in [0.1, 0.15) is 64.2 Å². The van der Waals surface area contributed by atoms with E-state index in [1.165, 1.54) is 25.7 Å². The summed E-state index contributed by atoms with van der Waals surface area (Å²) in [6.07, 6.45) is 9.07. The summed E-state index contributed by atoms with van der Waals surface area (Å²) in [6.45, 7) is 0.927. The van der Waals surface area contributed by atoms with Crippen LogP contribution >= 0.6 is 0 Å². The second-order valence-electron chi connectivity index (χ2n) is 10.6. The van der Waals surface area contributed by atoms with Gasteiger partial charge in [0.05, 0.1) is 63.5 Å². The fourth-order valence-electron chi connectivity index (χ4n) is 4.20. The van der Waals surface area contributed by atoms with Crippen LogP contribution in [0.5, 0.6) is 0 Å². The molecule has 274 valence electrons. The van der Waals surface area contributed by atoms with E-state index in [9.17, 15) is 39.6 Å². The molecule has 2 saturated carbocycles. The number of carboxylic acids is 4. The first kappa shape index (κ1) is 49.3. The summed E-state index contributed by atoms with van der Waals surface area (Å²) in [7, 11) is 0. The Morgan fingerprint density at radius 2 is 0.652 bits per heavy atom. The van der Waals surface area contributed by atoms with Gasteiger partial charge in [0.25, 0.3) is 0 Å². The molecule has 0 aromatic rings. The van der Waals surface area contributed by atoms with Crippen molar-refractivity contribution in [2.24, 2.45) is 34.8 Å². The van der Waals surface area contributed by atoms with Crippen molar-refractivity contribution in [3.05, 3.63) is 0 Å². The van der Waals surface area contributed by atoms with Gasteiger partial charge in [-0.3, -0.25) is 0 Å². The Kier molecular flexibility index (Phi) is 33.5. The summed E-state index contributed by atoms with van der Waals surface area (Å²) in [5, 5.41) is 41.9. The molecule has 0 amide bonds. The molecule has 2 aliphatic carbocycles. The molecule has 0 heterocycles. The molecular formula is C28H50N4O12Pt2.